The molecule has 82 heavy (non-hydrogen) atoms. The van der Waals surface area contributed by atoms with Crippen LogP contribution >= 0.6 is 7.82 Å². The van der Waals surface area contributed by atoms with Gasteiger partial charge in [-0.1, -0.05) is 262 Å². The first-order chi connectivity index (χ1) is 40.0. The Labute approximate surface area is 503 Å². The highest BCUT2D eigenvalue weighted by Crippen LogP contribution is 2.43. The van der Waals surface area contributed by atoms with Crippen molar-refractivity contribution in [2.75, 3.05) is 47.5 Å². The SMILES string of the molecule is CC/C=C\C/C=C\C/C=C\C/C=C\C/C=C\C/C=C\C/C=C\C/C=C\CCCCCCCCCCCCCCCCCCC(=O)OC(COC(=O)CCCCCC/C=C\C/C=C\C/C=C\C/C=C\CC)COP(=O)(O)OCC[N+](C)(C)C. The van der Waals surface area contributed by atoms with Gasteiger partial charge in [-0.25, -0.2) is 4.57 Å². The minimum Gasteiger partial charge on any atom is -0.462 e. The van der Waals surface area contributed by atoms with E-state index in [1.165, 1.54) is 83.5 Å². The highest BCUT2D eigenvalue weighted by molar-refractivity contribution is 7.47. The van der Waals surface area contributed by atoms with E-state index >= 15 is 0 Å². The van der Waals surface area contributed by atoms with Crippen LogP contribution in [0.1, 0.15) is 245 Å². The molecule has 0 heterocycles. The molecule has 0 radical (unpaired) electrons. The quantitative estimate of drug-likeness (QED) is 0.0211. The first-order valence-corrected chi connectivity index (χ1v) is 34.1. The van der Waals surface area contributed by atoms with E-state index in [0.29, 0.717) is 23.9 Å². The van der Waals surface area contributed by atoms with Crippen molar-refractivity contribution in [3.63, 3.8) is 0 Å². The van der Waals surface area contributed by atoms with Gasteiger partial charge in [0.05, 0.1) is 27.7 Å². The molecule has 0 saturated heterocycles. The van der Waals surface area contributed by atoms with Gasteiger partial charge < -0.3 is 18.9 Å². The number of likely N-dealkylation sites (N-methyl/N-ethyl adjacent to an activating group) is 1. The number of rotatable bonds is 58. The fourth-order valence-electron chi connectivity index (χ4n) is 8.43. The molecule has 2 unspecified atom stereocenters. The Morgan fingerprint density at radius 1 is 0.378 bits per heavy atom. The maximum absolute atomic E-state index is 12.8. The molecule has 10 heteroatoms. The summed E-state index contributed by atoms with van der Waals surface area (Å²) in [6.45, 7) is 4.17. The van der Waals surface area contributed by atoms with Crippen LogP contribution in [0.2, 0.25) is 0 Å². The second-order valence-electron chi connectivity index (χ2n) is 22.4. The summed E-state index contributed by atoms with van der Waals surface area (Å²) >= 11 is 0. The predicted octanol–water partition coefficient (Wildman–Crippen LogP) is 21.0. The molecule has 0 bridgehead atoms. The van der Waals surface area contributed by atoms with Crippen molar-refractivity contribution in [1.82, 2.24) is 0 Å². The molecule has 0 aliphatic heterocycles. The van der Waals surface area contributed by atoms with Gasteiger partial charge in [0.25, 0.3) is 0 Å². The minimum absolute atomic E-state index is 0.0216. The second kappa shape index (κ2) is 61.5. The molecule has 0 rings (SSSR count). The van der Waals surface area contributed by atoms with Crippen molar-refractivity contribution in [2.24, 2.45) is 0 Å². The van der Waals surface area contributed by atoms with Gasteiger partial charge in [-0.05, 0) is 116 Å². The van der Waals surface area contributed by atoms with E-state index < -0.39 is 32.5 Å². The lowest BCUT2D eigenvalue weighted by atomic mass is 10.0. The molecule has 0 saturated carbocycles. The Kier molecular flexibility index (Phi) is 58.4. The summed E-state index contributed by atoms with van der Waals surface area (Å²) < 4.78 is 34.6. The molecule has 466 valence electrons. The lowest BCUT2D eigenvalue weighted by Gasteiger charge is -2.24. The van der Waals surface area contributed by atoms with E-state index in [0.717, 1.165) is 122 Å². The maximum Gasteiger partial charge on any atom is 0.472 e. The van der Waals surface area contributed by atoms with E-state index in [2.05, 4.69) is 160 Å². The minimum atomic E-state index is -4.40. The summed E-state index contributed by atoms with van der Waals surface area (Å²) in [4.78, 5) is 35.7. The summed E-state index contributed by atoms with van der Waals surface area (Å²) in [7, 11) is 1.45. The fourth-order valence-corrected chi connectivity index (χ4v) is 9.18. The number of unbranched alkanes of at least 4 members (excludes halogenated alkanes) is 20. The number of ether oxygens (including phenoxy) is 2. The number of phosphoric acid groups is 1. The van der Waals surface area contributed by atoms with Gasteiger partial charge in [0.15, 0.2) is 6.10 Å². The lowest BCUT2D eigenvalue weighted by molar-refractivity contribution is -0.870. The van der Waals surface area contributed by atoms with Crippen LogP contribution in [-0.2, 0) is 32.7 Å². The third kappa shape index (κ3) is 65.0. The van der Waals surface area contributed by atoms with Gasteiger partial charge in [0, 0.05) is 12.8 Å². The van der Waals surface area contributed by atoms with Gasteiger partial charge in [0.2, 0.25) is 0 Å². The third-order valence-corrected chi connectivity index (χ3v) is 14.3. The standard InChI is InChI=1S/C72H120NO8P/c1-6-8-10-12-14-16-18-20-22-24-25-26-27-28-29-30-31-32-33-34-35-36-37-38-39-40-41-42-43-44-45-46-47-49-51-53-55-57-59-61-63-65-72(75)81-70(69-80-82(76,77)79-67-66-73(3,4)5)68-78-71(74)64-62-60-58-56-54-52-50-48-23-21-19-17-15-13-11-9-7-2/h8-11,14-17,20-23,25-26,28-29,31-32,34-35,37-38,50,52,70H,6-7,12-13,18-19,24,27,30,33,36,39-49,51,53-69H2,1-5H3/p+1/b10-8-,11-9-,16-14-,17-15-,22-20-,23-21-,26-25-,29-28-,32-31-,35-34-,38-37-,52-50-. The smallest absolute Gasteiger partial charge is 0.462 e. The van der Waals surface area contributed by atoms with Crippen molar-refractivity contribution in [3.8, 4) is 0 Å². The average Bonchev–Trinajstić information content (AvgIpc) is 3.45. The first-order valence-electron chi connectivity index (χ1n) is 32.6. The number of phosphoric ester groups is 1. The van der Waals surface area contributed by atoms with Gasteiger partial charge in [-0.3, -0.25) is 18.6 Å². The van der Waals surface area contributed by atoms with Crippen LogP contribution in [0, 0.1) is 0 Å². The number of hydrogen-bond donors (Lipinski definition) is 1. The van der Waals surface area contributed by atoms with Crippen LogP contribution in [0.15, 0.2) is 146 Å². The van der Waals surface area contributed by atoms with Gasteiger partial charge in [-0.15, -0.1) is 0 Å². The second-order valence-corrected chi connectivity index (χ2v) is 23.8. The Morgan fingerprint density at radius 3 is 0.976 bits per heavy atom. The zero-order valence-corrected chi connectivity index (χ0v) is 53.8. The summed E-state index contributed by atoms with van der Waals surface area (Å²) in [6, 6.07) is 0. The highest BCUT2D eigenvalue weighted by Gasteiger charge is 2.27. The normalized spacial score (nSPS) is 14.2. The Hall–Kier alpha value is -4.11. The van der Waals surface area contributed by atoms with Crippen LogP contribution in [0.3, 0.4) is 0 Å². The number of quaternary nitrogens is 1. The molecule has 2 atom stereocenters. The molecule has 0 aliphatic rings. The monoisotopic (exact) mass is 1160 g/mol. The molecule has 0 fully saturated rings. The number of carbonyl (C=O) groups is 2. The molecular formula is C72H121NO8P+. The molecule has 1 N–H and O–H groups in total. The summed E-state index contributed by atoms with van der Waals surface area (Å²) in [5, 5.41) is 0. The van der Waals surface area contributed by atoms with Crippen molar-refractivity contribution in [2.45, 2.75) is 251 Å². The van der Waals surface area contributed by atoms with E-state index in [4.69, 9.17) is 18.5 Å². The van der Waals surface area contributed by atoms with Crippen LogP contribution in [0.5, 0.6) is 0 Å². The molecule has 0 aromatic carbocycles. The summed E-state index contributed by atoms with van der Waals surface area (Å²) in [5.74, 6) is -0.830. The van der Waals surface area contributed by atoms with E-state index in [1.54, 1.807) is 0 Å². The number of allylic oxidation sites excluding steroid dienone is 24. The van der Waals surface area contributed by atoms with Gasteiger partial charge >= 0.3 is 19.8 Å². The molecule has 0 spiro atoms. The average molecular weight is 1160 g/mol. The first kappa shape index (κ1) is 77.9. The largest absolute Gasteiger partial charge is 0.472 e. The summed E-state index contributed by atoms with van der Waals surface area (Å²) in [6.07, 6.45) is 90.9. The van der Waals surface area contributed by atoms with Gasteiger partial charge in [-0.2, -0.15) is 0 Å². The Bertz CT molecular complexity index is 1890. The van der Waals surface area contributed by atoms with E-state index in [9.17, 15) is 19.0 Å². The number of esters is 2. The predicted molar refractivity (Wildman–Crippen MR) is 353 cm³/mol. The van der Waals surface area contributed by atoms with Gasteiger partial charge in [0.1, 0.15) is 19.8 Å². The zero-order valence-electron chi connectivity index (χ0n) is 52.9. The van der Waals surface area contributed by atoms with E-state index in [-0.39, 0.29) is 26.1 Å². The third-order valence-electron chi connectivity index (χ3n) is 13.4. The van der Waals surface area contributed by atoms with Crippen molar-refractivity contribution in [3.05, 3.63) is 146 Å². The van der Waals surface area contributed by atoms with Crippen molar-refractivity contribution >= 4 is 19.8 Å². The molecule has 9 nitrogen and oxygen atoms in total. The molecule has 0 aromatic rings. The Morgan fingerprint density at radius 2 is 0.659 bits per heavy atom. The maximum atomic E-state index is 12.8. The van der Waals surface area contributed by atoms with Crippen LogP contribution in [0.4, 0.5) is 0 Å². The Balaban J connectivity index is 4.03. The molecular weight excluding hydrogens is 1040 g/mol. The van der Waals surface area contributed by atoms with Crippen LogP contribution in [0.25, 0.3) is 0 Å². The van der Waals surface area contributed by atoms with E-state index in [1.807, 2.05) is 21.1 Å². The number of nitrogens with zero attached hydrogens (tertiary/aromatic N) is 1. The zero-order chi connectivity index (χ0) is 59.8. The molecule has 0 aromatic heterocycles. The van der Waals surface area contributed by atoms with Crippen molar-refractivity contribution < 1.29 is 42.1 Å². The molecule has 0 amide bonds. The topological polar surface area (TPSA) is 108 Å². The number of hydrogen-bond acceptors (Lipinski definition) is 7. The lowest BCUT2D eigenvalue weighted by Crippen LogP contribution is -2.37. The van der Waals surface area contributed by atoms with Crippen LogP contribution < -0.4 is 0 Å². The number of carbonyl (C=O) groups excluding carboxylic acids is 2. The summed E-state index contributed by atoms with van der Waals surface area (Å²) in [5.41, 5.74) is 0. The molecule has 0 aliphatic carbocycles. The highest BCUT2D eigenvalue weighted by atomic mass is 31.2. The fraction of sp³-hybridized carbons (Fsp3) is 0.639. The van der Waals surface area contributed by atoms with Crippen molar-refractivity contribution in [1.29, 1.82) is 0 Å². The van der Waals surface area contributed by atoms with Crippen LogP contribution in [-0.4, -0.2) is 74.9 Å².